The first-order valence-corrected chi connectivity index (χ1v) is 14.0. The number of benzene rings is 1. The van der Waals surface area contributed by atoms with E-state index < -0.39 is 15.9 Å². The smallest absolute Gasteiger partial charge is 0.257 e. The van der Waals surface area contributed by atoms with Gasteiger partial charge in [0.1, 0.15) is 15.7 Å². The van der Waals surface area contributed by atoms with Crippen LogP contribution in [0.4, 0.5) is 5.13 Å². The molecule has 0 bridgehead atoms. The van der Waals surface area contributed by atoms with E-state index in [-0.39, 0.29) is 28.2 Å². The summed E-state index contributed by atoms with van der Waals surface area (Å²) in [6, 6.07) is 4.32. The first-order valence-electron chi connectivity index (χ1n) is 11.7. The Morgan fingerprint density at radius 2 is 1.79 bits per heavy atom. The fraction of sp³-hybridized carbons (Fsp3) is 0.609. The summed E-state index contributed by atoms with van der Waals surface area (Å²) < 4.78 is 34.5. The lowest BCUT2D eigenvalue weighted by molar-refractivity contribution is 0.102. The summed E-state index contributed by atoms with van der Waals surface area (Å²) in [6.45, 7) is 2.07. The molecule has 2 unspecified atom stereocenters. The van der Waals surface area contributed by atoms with E-state index in [1.54, 1.807) is 6.07 Å². The molecule has 2 fully saturated rings. The SMILES string of the molecule is COc1ccc(C(=O)Nc2nnc(C3CCCCC3)s2)cc1S(=O)(=O)NC1CCCCC1C. The van der Waals surface area contributed by atoms with E-state index in [1.807, 2.05) is 0 Å². The molecule has 0 radical (unpaired) electrons. The van der Waals surface area contributed by atoms with E-state index in [2.05, 4.69) is 27.2 Å². The fourth-order valence-corrected chi connectivity index (χ4v) is 7.23. The zero-order valence-corrected chi connectivity index (χ0v) is 20.8. The van der Waals surface area contributed by atoms with Gasteiger partial charge in [-0.2, -0.15) is 0 Å². The number of ether oxygens (including phenoxy) is 1. The van der Waals surface area contributed by atoms with E-state index >= 15 is 0 Å². The van der Waals surface area contributed by atoms with Crippen molar-refractivity contribution in [2.45, 2.75) is 81.6 Å². The zero-order valence-electron chi connectivity index (χ0n) is 19.2. The van der Waals surface area contributed by atoms with E-state index in [4.69, 9.17) is 4.74 Å². The standard InChI is InChI=1S/C23H32N4O4S2/c1-15-8-6-7-11-18(15)27-33(29,30)20-14-17(12-13-19(20)31-2)21(28)24-23-26-25-22(32-23)16-9-4-3-5-10-16/h12-16,18,27H,3-11H2,1-2H3,(H,24,26,28). The number of methoxy groups -OCH3 is 1. The number of carbonyl (C=O) groups excluding carboxylic acids is 1. The predicted molar refractivity (Wildman–Crippen MR) is 128 cm³/mol. The minimum absolute atomic E-state index is 0.0319. The highest BCUT2D eigenvalue weighted by Gasteiger charge is 2.29. The molecule has 4 rings (SSSR count). The molecule has 2 N–H and O–H groups in total. The van der Waals surface area contributed by atoms with E-state index in [9.17, 15) is 13.2 Å². The third-order valence-electron chi connectivity index (χ3n) is 6.75. The summed E-state index contributed by atoms with van der Waals surface area (Å²) >= 11 is 1.39. The lowest BCUT2D eigenvalue weighted by Crippen LogP contribution is -2.41. The Kier molecular flexibility index (Phi) is 7.65. The van der Waals surface area contributed by atoms with Crippen molar-refractivity contribution in [1.82, 2.24) is 14.9 Å². The van der Waals surface area contributed by atoms with Crippen LogP contribution in [0.3, 0.4) is 0 Å². The minimum Gasteiger partial charge on any atom is -0.495 e. The Labute approximate surface area is 199 Å². The maximum atomic E-state index is 13.2. The average molecular weight is 493 g/mol. The molecule has 1 heterocycles. The van der Waals surface area contributed by atoms with Crippen LogP contribution < -0.4 is 14.8 Å². The maximum Gasteiger partial charge on any atom is 0.257 e. The van der Waals surface area contributed by atoms with Crippen LogP contribution in [0.2, 0.25) is 0 Å². The molecule has 1 aromatic heterocycles. The Balaban J connectivity index is 1.51. The van der Waals surface area contributed by atoms with Gasteiger partial charge in [-0.05, 0) is 49.8 Å². The summed E-state index contributed by atoms with van der Waals surface area (Å²) in [5, 5.41) is 12.6. The van der Waals surface area contributed by atoms with Gasteiger partial charge in [0, 0.05) is 17.5 Å². The third kappa shape index (κ3) is 5.73. The number of nitrogens with one attached hydrogen (secondary N) is 2. The van der Waals surface area contributed by atoms with Gasteiger partial charge in [-0.1, -0.05) is 50.4 Å². The van der Waals surface area contributed by atoms with Crippen LogP contribution in [0, 0.1) is 5.92 Å². The molecule has 33 heavy (non-hydrogen) atoms. The van der Waals surface area contributed by atoms with Crippen LogP contribution in [0.15, 0.2) is 23.1 Å². The molecule has 180 valence electrons. The molecule has 10 heteroatoms. The normalized spacial score (nSPS) is 22.1. The second kappa shape index (κ2) is 10.5. The highest BCUT2D eigenvalue weighted by molar-refractivity contribution is 7.89. The highest BCUT2D eigenvalue weighted by Crippen LogP contribution is 2.35. The van der Waals surface area contributed by atoms with Crippen LogP contribution in [-0.2, 0) is 10.0 Å². The van der Waals surface area contributed by atoms with Crippen molar-refractivity contribution < 1.29 is 17.9 Å². The van der Waals surface area contributed by atoms with Crippen LogP contribution >= 0.6 is 11.3 Å². The number of hydrogen-bond donors (Lipinski definition) is 2. The third-order valence-corrected chi connectivity index (χ3v) is 9.26. The van der Waals surface area contributed by atoms with Crippen LogP contribution in [0.25, 0.3) is 0 Å². The summed E-state index contributed by atoms with van der Waals surface area (Å²) in [5.74, 6) is 0.458. The molecule has 0 saturated heterocycles. The fourth-order valence-electron chi connectivity index (χ4n) is 4.75. The molecule has 2 aromatic rings. The van der Waals surface area contributed by atoms with Crippen LogP contribution in [-0.4, -0.2) is 37.7 Å². The zero-order chi connectivity index (χ0) is 23.4. The second-order valence-corrected chi connectivity index (χ2v) is 11.8. The molecular formula is C23H32N4O4S2. The predicted octanol–water partition coefficient (Wildman–Crippen LogP) is 4.70. The Morgan fingerprint density at radius 3 is 2.52 bits per heavy atom. The van der Waals surface area contributed by atoms with Gasteiger partial charge in [0.25, 0.3) is 5.91 Å². The number of carbonyl (C=O) groups is 1. The molecule has 2 saturated carbocycles. The summed E-state index contributed by atoms with van der Waals surface area (Å²) in [7, 11) is -2.43. The molecule has 2 aliphatic carbocycles. The average Bonchev–Trinajstić information content (AvgIpc) is 3.29. The molecule has 2 atom stereocenters. The monoisotopic (exact) mass is 492 g/mol. The second-order valence-electron chi connectivity index (χ2n) is 9.09. The highest BCUT2D eigenvalue weighted by atomic mass is 32.2. The minimum atomic E-state index is -3.86. The van der Waals surface area contributed by atoms with Crippen molar-refractivity contribution in [3.8, 4) is 5.75 Å². The van der Waals surface area contributed by atoms with Gasteiger partial charge in [-0.25, -0.2) is 13.1 Å². The van der Waals surface area contributed by atoms with Gasteiger partial charge in [0.05, 0.1) is 7.11 Å². The number of hydrogen-bond acceptors (Lipinski definition) is 7. The van der Waals surface area contributed by atoms with Crippen molar-refractivity contribution in [1.29, 1.82) is 0 Å². The van der Waals surface area contributed by atoms with E-state index in [1.165, 1.54) is 49.8 Å². The quantitative estimate of drug-likeness (QED) is 0.579. The molecule has 8 nitrogen and oxygen atoms in total. The van der Waals surface area contributed by atoms with Gasteiger partial charge in [-0.3, -0.25) is 10.1 Å². The summed E-state index contributed by atoms with van der Waals surface area (Å²) in [5.41, 5.74) is 0.224. The first kappa shape index (κ1) is 24.1. The molecule has 1 aromatic carbocycles. The van der Waals surface area contributed by atoms with Gasteiger partial charge < -0.3 is 4.74 Å². The Morgan fingerprint density at radius 1 is 1.06 bits per heavy atom. The van der Waals surface area contributed by atoms with Crippen molar-refractivity contribution in [3.05, 3.63) is 28.8 Å². The van der Waals surface area contributed by atoms with E-state index in [0.717, 1.165) is 43.5 Å². The van der Waals surface area contributed by atoms with Crippen molar-refractivity contribution >= 4 is 32.4 Å². The lowest BCUT2D eigenvalue weighted by atomic mass is 9.87. The van der Waals surface area contributed by atoms with Gasteiger partial charge >= 0.3 is 0 Å². The molecule has 2 aliphatic rings. The van der Waals surface area contributed by atoms with Gasteiger partial charge in [0.2, 0.25) is 15.2 Å². The van der Waals surface area contributed by atoms with Crippen molar-refractivity contribution in [3.63, 3.8) is 0 Å². The number of anilines is 1. The first-order chi connectivity index (χ1) is 15.9. The van der Waals surface area contributed by atoms with Crippen molar-refractivity contribution in [2.24, 2.45) is 5.92 Å². The number of amides is 1. The Bertz CT molecular complexity index is 1080. The lowest BCUT2D eigenvalue weighted by Gasteiger charge is -2.29. The van der Waals surface area contributed by atoms with Crippen LogP contribution in [0.1, 0.15) is 86.0 Å². The van der Waals surface area contributed by atoms with Gasteiger partial charge in [0.15, 0.2) is 0 Å². The maximum absolute atomic E-state index is 13.2. The summed E-state index contributed by atoms with van der Waals surface area (Å²) in [6.07, 6.45) is 9.79. The van der Waals surface area contributed by atoms with E-state index in [0.29, 0.717) is 11.0 Å². The number of sulfonamides is 1. The Hall–Kier alpha value is -2.04. The topological polar surface area (TPSA) is 110 Å². The van der Waals surface area contributed by atoms with Gasteiger partial charge in [-0.15, -0.1) is 10.2 Å². The number of rotatable bonds is 7. The molecule has 0 spiro atoms. The molecule has 0 aliphatic heterocycles. The summed E-state index contributed by atoms with van der Waals surface area (Å²) in [4.78, 5) is 12.9. The molecular weight excluding hydrogens is 460 g/mol. The largest absolute Gasteiger partial charge is 0.495 e. The molecule has 1 amide bonds. The number of aromatic nitrogens is 2. The van der Waals surface area contributed by atoms with Crippen molar-refractivity contribution in [2.75, 3.05) is 12.4 Å². The van der Waals surface area contributed by atoms with Crippen LogP contribution in [0.5, 0.6) is 5.75 Å². The number of nitrogens with zero attached hydrogens (tertiary/aromatic N) is 2.